The van der Waals surface area contributed by atoms with Crippen molar-refractivity contribution in [3.63, 3.8) is 0 Å². The molecule has 0 aliphatic heterocycles. The largest absolute Gasteiger partial charge is 0.484 e. The molecule has 1 N–H and O–H groups in total. The van der Waals surface area contributed by atoms with Crippen LogP contribution < -0.4 is 10.1 Å². The molecule has 0 aliphatic rings. The van der Waals surface area contributed by atoms with Gasteiger partial charge < -0.3 is 15.0 Å². The van der Waals surface area contributed by atoms with Gasteiger partial charge in [-0.3, -0.25) is 9.59 Å². The van der Waals surface area contributed by atoms with Gasteiger partial charge in [-0.1, -0.05) is 29.8 Å². The number of carbonyl (C=O) groups excluding carboxylic acids is 2. The first-order valence-corrected chi connectivity index (χ1v) is 10.2. The van der Waals surface area contributed by atoms with Crippen molar-refractivity contribution in [2.45, 2.75) is 53.2 Å². The first-order valence-electron chi connectivity index (χ1n) is 9.83. The van der Waals surface area contributed by atoms with Gasteiger partial charge >= 0.3 is 0 Å². The summed E-state index contributed by atoms with van der Waals surface area (Å²) in [7, 11) is 0. The molecule has 7 heteroatoms. The lowest BCUT2D eigenvalue weighted by atomic mass is 10.1. The predicted molar refractivity (Wildman–Crippen MR) is 116 cm³/mol. The first kappa shape index (κ1) is 23.7. The maximum absolute atomic E-state index is 14.2. The monoisotopic (exact) mass is 434 g/mol. The molecule has 162 valence electrons. The highest BCUT2D eigenvalue weighted by Crippen LogP contribution is 2.26. The van der Waals surface area contributed by atoms with Crippen LogP contribution in [0, 0.1) is 19.7 Å². The summed E-state index contributed by atoms with van der Waals surface area (Å²) in [6, 6.07) is 8.81. The maximum Gasteiger partial charge on any atom is 0.261 e. The van der Waals surface area contributed by atoms with E-state index in [1.54, 1.807) is 37.3 Å². The molecular formula is C23H28ClFN2O3. The minimum atomic E-state index is -0.795. The molecular weight excluding hydrogens is 407 g/mol. The predicted octanol–water partition coefficient (Wildman–Crippen LogP) is 4.42. The molecule has 0 fully saturated rings. The van der Waals surface area contributed by atoms with E-state index in [0.29, 0.717) is 16.3 Å². The molecule has 1 unspecified atom stereocenters. The molecule has 0 bridgehead atoms. The van der Waals surface area contributed by atoms with Crippen molar-refractivity contribution in [3.8, 4) is 5.75 Å². The minimum Gasteiger partial charge on any atom is -0.484 e. The van der Waals surface area contributed by atoms with E-state index < -0.39 is 17.8 Å². The van der Waals surface area contributed by atoms with Crippen molar-refractivity contribution in [1.82, 2.24) is 10.2 Å². The van der Waals surface area contributed by atoms with Crippen LogP contribution in [0.2, 0.25) is 5.02 Å². The molecule has 0 radical (unpaired) electrons. The van der Waals surface area contributed by atoms with Gasteiger partial charge in [0.05, 0.1) is 0 Å². The zero-order valence-corrected chi connectivity index (χ0v) is 18.7. The number of aryl methyl sites for hydroxylation is 2. The number of nitrogens with zero attached hydrogens (tertiary/aromatic N) is 1. The van der Waals surface area contributed by atoms with Gasteiger partial charge in [-0.2, -0.15) is 0 Å². The highest BCUT2D eigenvalue weighted by Gasteiger charge is 2.27. The molecule has 1 atom stereocenters. The minimum absolute atomic E-state index is 0.0414. The van der Waals surface area contributed by atoms with Gasteiger partial charge in [0.1, 0.15) is 17.6 Å². The van der Waals surface area contributed by atoms with Gasteiger partial charge in [-0.15, -0.1) is 0 Å². The summed E-state index contributed by atoms with van der Waals surface area (Å²) in [6.45, 7) is 8.67. The Morgan fingerprint density at radius 2 is 1.73 bits per heavy atom. The average molecular weight is 435 g/mol. The smallest absolute Gasteiger partial charge is 0.261 e. The van der Waals surface area contributed by atoms with Crippen LogP contribution >= 0.6 is 11.6 Å². The van der Waals surface area contributed by atoms with Crippen molar-refractivity contribution in [3.05, 3.63) is 63.9 Å². The third kappa shape index (κ3) is 6.20. The van der Waals surface area contributed by atoms with Crippen LogP contribution in [-0.4, -0.2) is 35.4 Å². The highest BCUT2D eigenvalue weighted by molar-refractivity contribution is 6.32. The van der Waals surface area contributed by atoms with Gasteiger partial charge in [0, 0.05) is 23.2 Å². The van der Waals surface area contributed by atoms with Gasteiger partial charge in [-0.05, 0) is 63.9 Å². The Morgan fingerprint density at radius 3 is 2.30 bits per heavy atom. The average Bonchev–Trinajstić information content (AvgIpc) is 2.68. The fourth-order valence-electron chi connectivity index (χ4n) is 3.02. The lowest BCUT2D eigenvalue weighted by molar-refractivity contribution is -0.142. The van der Waals surface area contributed by atoms with Gasteiger partial charge in [-0.25, -0.2) is 4.39 Å². The van der Waals surface area contributed by atoms with Crippen molar-refractivity contribution in [2.24, 2.45) is 0 Å². The summed E-state index contributed by atoms with van der Waals surface area (Å²) < 4.78 is 19.9. The van der Waals surface area contributed by atoms with E-state index in [1.807, 2.05) is 27.7 Å². The summed E-state index contributed by atoms with van der Waals surface area (Å²) in [6.07, 6.45) is 0. The Hall–Kier alpha value is -2.60. The molecule has 0 aliphatic carbocycles. The zero-order chi connectivity index (χ0) is 22.4. The first-order chi connectivity index (χ1) is 14.1. The van der Waals surface area contributed by atoms with E-state index in [2.05, 4.69) is 5.32 Å². The molecule has 2 amide bonds. The Kier molecular flexibility index (Phi) is 8.24. The second kappa shape index (κ2) is 10.4. The van der Waals surface area contributed by atoms with Crippen LogP contribution in [0.3, 0.4) is 0 Å². The quantitative estimate of drug-likeness (QED) is 0.669. The molecule has 2 aromatic rings. The van der Waals surface area contributed by atoms with E-state index in [0.717, 1.165) is 11.1 Å². The normalized spacial score (nSPS) is 11.9. The summed E-state index contributed by atoms with van der Waals surface area (Å²) in [5, 5.41) is 3.44. The van der Waals surface area contributed by atoms with E-state index in [-0.39, 0.29) is 25.1 Å². The van der Waals surface area contributed by atoms with Crippen LogP contribution in [-0.2, 0) is 16.1 Å². The number of halogens is 2. The van der Waals surface area contributed by atoms with Crippen molar-refractivity contribution >= 4 is 23.4 Å². The number of nitrogens with one attached hydrogen (secondary N) is 1. The van der Waals surface area contributed by atoms with Crippen molar-refractivity contribution in [1.29, 1.82) is 0 Å². The summed E-state index contributed by atoms with van der Waals surface area (Å²) in [5.41, 5.74) is 2.01. The lowest BCUT2D eigenvalue weighted by Gasteiger charge is -2.29. The number of carbonyl (C=O) groups is 2. The Labute approximate surface area is 182 Å². The molecule has 0 heterocycles. The van der Waals surface area contributed by atoms with Crippen molar-refractivity contribution < 1.29 is 18.7 Å². The summed E-state index contributed by atoms with van der Waals surface area (Å²) in [4.78, 5) is 26.8. The van der Waals surface area contributed by atoms with Crippen LogP contribution in [0.4, 0.5) is 4.39 Å². The Balaban J connectivity index is 2.21. The number of benzene rings is 2. The van der Waals surface area contributed by atoms with Gasteiger partial charge in [0.25, 0.3) is 5.91 Å². The van der Waals surface area contributed by atoms with Crippen LogP contribution in [0.15, 0.2) is 36.4 Å². The second-order valence-corrected chi connectivity index (χ2v) is 7.99. The number of ether oxygens (including phenoxy) is 1. The standard InChI is InChI=1S/C23H28ClFN2O3/c1-14(2)26-23(29)17(5)27(12-18-8-6-7-9-20(18)25)21(28)13-30-19-10-15(3)22(24)16(4)11-19/h6-11,14,17H,12-13H2,1-5H3,(H,26,29). The van der Waals surface area contributed by atoms with Crippen LogP contribution in [0.25, 0.3) is 0 Å². The lowest BCUT2D eigenvalue weighted by Crippen LogP contribution is -2.50. The fourth-order valence-corrected chi connectivity index (χ4v) is 3.12. The van der Waals surface area contributed by atoms with Gasteiger partial charge in [0.15, 0.2) is 6.61 Å². The topological polar surface area (TPSA) is 58.6 Å². The number of amides is 2. The Bertz CT molecular complexity index is 894. The van der Waals surface area contributed by atoms with Crippen LogP contribution in [0.5, 0.6) is 5.75 Å². The van der Waals surface area contributed by atoms with E-state index >= 15 is 0 Å². The molecule has 30 heavy (non-hydrogen) atoms. The molecule has 0 saturated heterocycles. The van der Waals surface area contributed by atoms with E-state index in [9.17, 15) is 14.0 Å². The second-order valence-electron chi connectivity index (χ2n) is 7.61. The Morgan fingerprint density at radius 1 is 1.13 bits per heavy atom. The number of rotatable bonds is 8. The third-order valence-corrected chi connectivity index (χ3v) is 5.27. The number of hydrogen-bond donors (Lipinski definition) is 1. The molecule has 0 spiro atoms. The molecule has 2 aromatic carbocycles. The maximum atomic E-state index is 14.2. The van der Waals surface area contributed by atoms with Crippen LogP contribution in [0.1, 0.15) is 37.5 Å². The SMILES string of the molecule is Cc1cc(OCC(=O)N(Cc2ccccc2F)C(C)C(=O)NC(C)C)cc(C)c1Cl. The molecule has 0 saturated carbocycles. The summed E-state index contributed by atoms with van der Waals surface area (Å²) >= 11 is 6.18. The molecule has 2 rings (SSSR count). The zero-order valence-electron chi connectivity index (χ0n) is 18.0. The fraction of sp³-hybridized carbons (Fsp3) is 0.391. The number of hydrogen-bond acceptors (Lipinski definition) is 3. The molecule has 0 aromatic heterocycles. The third-order valence-electron chi connectivity index (χ3n) is 4.67. The van der Waals surface area contributed by atoms with Crippen molar-refractivity contribution in [2.75, 3.05) is 6.61 Å². The summed E-state index contributed by atoms with van der Waals surface area (Å²) in [5.74, 6) is -0.660. The highest BCUT2D eigenvalue weighted by atomic mass is 35.5. The molecule has 5 nitrogen and oxygen atoms in total. The van der Waals surface area contributed by atoms with E-state index in [4.69, 9.17) is 16.3 Å². The van der Waals surface area contributed by atoms with E-state index in [1.165, 1.54) is 11.0 Å². The van der Waals surface area contributed by atoms with Gasteiger partial charge in [0.2, 0.25) is 5.91 Å².